The average Bonchev–Trinajstić information content (AvgIpc) is 2.47. The predicted octanol–water partition coefficient (Wildman–Crippen LogP) is 2.24. The number of rotatable bonds is 7. The van der Waals surface area contributed by atoms with Crippen molar-refractivity contribution in [3.63, 3.8) is 0 Å². The van der Waals surface area contributed by atoms with Crippen molar-refractivity contribution in [2.24, 2.45) is 0 Å². The smallest absolute Gasteiger partial charge is 0.232 e. The Morgan fingerprint density at radius 3 is 2.62 bits per heavy atom. The van der Waals surface area contributed by atoms with Crippen LogP contribution in [0.2, 0.25) is 0 Å². The molecule has 0 aromatic carbocycles. The third kappa shape index (κ3) is 5.03. The minimum absolute atomic E-state index is 0.104. The van der Waals surface area contributed by atoms with Gasteiger partial charge in [-0.25, -0.2) is 13.4 Å². The molecule has 0 fully saturated rings. The zero-order chi connectivity index (χ0) is 15.1. The number of anilines is 2. The second-order valence-corrected chi connectivity index (χ2v) is 6.37. The Kier molecular flexibility index (Phi) is 5.10. The first kappa shape index (κ1) is 15.2. The molecular formula is C14H18N4O2S. The lowest BCUT2D eigenvalue weighted by Gasteiger charge is -2.08. The zero-order valence-electron chi connectivity index (χ0n) is 11.8. The van der Waals surface area contributed by atoms with Crippen molar-refractivity contribution >= 4 is 21.5 Å². The van der Waals surface area contributed by atoms with Gasteiger partial charge in [0.1, 0.15) is 5.82 Å². The highest BCUT2D eigenvalue weighted by atomic mass is 32.2. The summed E-state index contributed by atoms with van der Waals surface area (Å²) >= 11 is 0. The molecule has 0 unspecified atom stereocenters. The highest BCUT2D eigenvalue weighted by Crippen LogP contribution is 2.12. The van der Waals surface area contributed by atoms with Gasteiger partial charge >= 0.3 is 0 Å². The van der Waals surface area contributed by atoms with Gasteiger partial charge in [0.15, 0.2) is 0 Å². The van der Waals surface area contributed by atoms with Gasteiger partial charge in [0, 0.05) is 6.20 Å². The summed E-state index contributed by atoms with van der Waals surface area (Å²) in [5.74, 6) is 0.770. The molecule has 21 heavy (non-hydrogen) atoms. The van der Waals surface area contributed by atoms with Gasteiger partial charge in [-0.1, -0.05) is 13.0 Å². The molecule has 2 heterocycles. The van der Waals surface area contributed by atoms with E-state index < -0.39 is 10.0 Å². The van der Waals surface area contributed by atoms with E-state index >= 15 is 0 Å². The third-order valence-electron chi connectivity index (χ3n) is 2.69. The van der Waals surface area contributed by atoms with E-state index in [0.717, 1.165) is 5.69 Å². The normalized spacial score (nSPS) is 11.1. The SMILES string of the molecule is CCCS(=O)(=O)Nc1ccc(NCc2ccccn2)nc1. The van der Waals surface area contributed by atoms with Crippen LogP contribution in [0, 0.1) is 0 Å². The lowest BCUT2D eigenvalue weighted by atomic mass is 10.3. The molecule has 112 valence electrons. The molecule has 0 saturated carbocycles. The fourth-order valence-corrected chi connectivity index (χ4v) is 2.86. The zero-order valence-corrected chi connectivity index (χ0v) is 12.6. The lowest BCUT2D eigenvalue weighted by molar-refractivity contribution is 0.600. The number of aromatic nitrogens is 2. The number of hydrogen-bond donors (Lipinski definition) is 2. The molecule has 7 heteroatoms. The second-order valence-electron chi connectivity index (χ2n) is 4.53. The summed E-state index contributed by atoms with van der Waals surface area (Å²) in [5.41, 5.74) is 1.37. The number of sulfonamides is 1. The quantitative estimate of drug-likeness (QED) is 0.819. The van der Waals surface area contributed by atoms with Crippen LogP contribution in [0.1, 0.15) is 19.0 Å². The Balaban J connectivity index is 1.93. The number of nitrogens with zero attached hydrogens (tertiary/aromatic N) is 2. The van der Waals surface area contributed by atoms with Crippen molar-refractivity contribution in [2.75, 3.05) is 15.8 Å². The molecule has 0 aliphatic carbocycles. The van der Waals surface area contributed by atoms with Crippen molar-refractivity contribution in [2.45, 2.75) is 19.9 Å². The van der Waals surface area contributed by atoms with Crippen molar-refractivity contribution in [3.8, 4) is 0 Å². The Hall–Kier alpha value is -2.15. The first-order valence-electron chi connectivity index (χ1n) is 6.69. The Morgan fingerprint density at radius 2 is 2.00 bits per heavy atom. The molecule has 0 radical (unpaired) electrons. The van der Waals surface area contributed by atoms with Gasteiger partial charge in [-0.2, -0.15) is 0 Å². The third-order valence-corrected chi connectivity index (χ3v) is 4.18. The van der Waals surface area contributed by atoms with Crippen LogP contribution in [0.25, 0.3) is 0 Å². The van der Waals surface area contributed by atoms with Crippen LogP contribution in [-0.4, -0.2) is 24.1 Å². The van der Waals surface area contributed by atoms with Gasteiger partial charge < -0.3 is 5.32 Å². The largest absolute Gasteiger partial charge is 0.364 e. The highest BCUT2D eigenvalue weighted by molar-refractivity contribution is 7.92. The van der Waals surface area contributed by atoms with Gasteiger partial charge in [-0.3, -0.25) is 9.71 Å². The Bertz CT molecular complexity index is 657. The van der Waals surface area contributed by atoms with Crippen molar-refractivity contribution in [3.05, 3.63) is 48.4 Å². The minimum Gasteiger partial charge on any atom is -0.364 e. The maximum Gasteiger partial charge on any atom is 0.232 e. The monoisotopic (exact) mass is 306 g/mol. The van der Waals surface area contributed by atoms with Gasteiger partial charge in [-0.05, 0) is 30.7 Å². The standard InChI is InChI=1S/C14H18N4O2S/c1-2-9-21(19,20)18-13-6-7-14(17-11-13)16-10-12-5-3-4-8-15-12/h3-8,11,18H,2,9-10H2,1H3,(H,16,17). The van der Waals surface area contributed by atoms with Crippen LogP contribution in [-0.2, 0) is 16.6 Å². The molecular weight excluding hydrogens is 288 g/mol. The highest BCUT2D eigenvalue weighted by Gasteiger charge is 2.08. The average molecular weight is 306 g/mol. The van der Waals surface area contributed by atoms with Gasteiger partial charge in [-0.15, -0.1) is 0 Å². The number of pyridine rings is 2. The molecule has 0 saturated heterocycles. The van der Waals surface area contributed by atoms with Crippen molar-refractivity contribution < 1.29 is 8.42 Å². The maximum atomic E-state index is 11.6. The lowest BCUT2D eigenvalue weighted by Crippen LogP contribution is -2.16. The molecule has 6 nitrogen and oxygen atoms in total. The molecule has 2 aromatic rings. The summed E-state index contributed by atoms with van der Waals surface area (Å²) in [6.07, 6.45) is 3.80. The minimum atomic E-state index is -3.27. The van der Waals surface area contributed by atoms with E-state index in [2.05, 4.69) is 20.0 Å². The van der Waals surface area contributed by atoms with E-state index in [1.54, 1.807) is 18.3 Å². The van der Waals surface area contributed by atoms with Crippen molar-refractivity contribution in [1.29, 1.82) is 0 Å². The Labute approximate surface area is 124 Å². The molecule has 0 aliphatic heterocycles. The van der Waals surface area contributed by atoms with Gasteiger partial charge in [0.2, 0.25) is 10.0 Å². The molecule has 0 aliphatic rings. The van der Waals surface area contributed by atoms with Crippen LogP contribution >= 0.6 is 0 Å². The molecule has 0 spiro atoms. The molecule has 2 aromatic heterocycles. The molecule has 2 N–H and O–H groups in total. The second kappa shape index (κ2) is 7.03. The van der Waals surface area contributed by atoms with E-state index in [0.29, 0.717) is 24.5 Å². The van der Waals surface area contributed by atoms with Crippen LogP contribution in [0.15, 0.2) is 42.7 Å². The summed E-state index contributed by atoms with van der Waals surface area (Å²) in [4.78, 5) is 8.37. The fraction of sp³-hybridized carbons (Fsp3) is 0.286. The summed E-state index contributed by atoms with van der Waals surface area (Å²) < 4.78 is 25.8. The summed E-state index contributed by atoms with van der Waals surface area (Å²) in [5, 5.41) is 3.13. The predicted molar refractivity (Wildman–Crippen MR) is 83.5 cm³/mol. The number of hydrogen-bond acceptors (Lipinski definition) is 5. The van der Waals surface area contributed by atoms with Crippen LogP contribution < -0.4 is 10.0 Å². The van der Waals surface area contributed by atoms with Crippen LogP contribution in [0.3, 0.4) is 0 Å². The first-order valence-corrected chi connectivity index (χ1v) is 8.34. The maximum absolute atomic E-state index is 11.6. The van der Waals surface area contributed by atoms with E-state index in [4.69, 9.17) is 0 Å². The summed E-state index contributed by atoms with van der Waals surface area (Å²) in [6, 6.07) is 9.11. The molecule has 0 amide bonds. The van der Waals surface area contributed by atoms with Crippen molar-refractivity contribution in [1.82, 2.24) is 9.97 Å². The van der Waals surface area contributed by atoms with E-state index in [-0.39, 0.29) is 5.75 Å². The molecule has 0 atom stereocenters. The van der Waals surface area contributed by atoms with Crippen LogP contribution in [0.5, 0.6) is 0 Å². The van der Waals surface area contributed by atoms with Gasteiger partial charge in [0.05, 0.1) is 29.9 Å². The van der Waals surface area contributed by atoms with Crippen LogP contribution in [0.4, 0.5) is 11.5 Å². The van der Waals surface area contributed by atoms with E-state index in [1.165, 1.54) is 6.20 Å². The fourth-order valence-electron chi connectivity index (χ4n) is 1.74. The summed E-state index contributed by atoms with van der Waals surface area (Å²) in [6.45, 7) is 2.39. The summed E-state index contributed by atoms with van der Waals surface area (Å²) in [7, 11) is -3.27. The molecule has 0 bridgehead atoms. The molecule has 2 rings (SSSR count). The number of nitrogens with one attached hydrogen (secondary N) is 2. The van der Waals surface area contributed by atoms with Gasteiger partial charge in [0.25, 0.3) is 0 Å². The van der Waals surface area contributed by atoms with E-state index in [1.807, 2.05) is 25.1 Å². The Morgan fingerprint density at radius 1 is 1.14 bits per heavy atom. The van der Waals surface area contributed by atoms with E-state index in [9.17, 15) is 8.42 Å². The topological polar surface area (TPSA) is 84.0 Å². The first-order chi connectivity index (χ1) is 10.1.